The van der Waals surface area contributed by atoms with Crippen molar-refractivity contribution >= 4 is 29.1 Å². The lowest BCUT2D eigenvalue weighted by molar-refractivity contribution is -0.131. The third kappa shape index (κ3) is 3.62. The number of likely N-dealkylation sites (N-methyl/N-ethyl adjacent to an activating group) is 1. The highest BCUT2D eigenvalue weighted by Gasteiger charge is 2.34. The quantitative estimate of drug-likeness (QED) is 0.909. The molecule has 1 unspecified atom stereocenters. The van der Waals surface area contributed by atoms with Crippen LogP contribution in [0.2, 0.25) is 10.0 Å². The van der Waals surface area contributed by atoms with E-state index in [4.69, 9.17) is 28.9 Å². The average molecular weight is 301 g/mol. The molecule has 1 aliphatic rings. The highest BCUT2D eigenvalue weighted by molar-refractivity contribution is 6.42. The van der Waals surface area contributed by atoms with Crippen molar-refractivity contribution in [1.29, 1.82) is 0 Å². The molecule has 104 valence electrons. The van der Waals surface area contributed by atoms with Crippen LogP contribution in [0, 0.1) is 5.92 Å². The first-order chi connectivity index (χ1) is 9.02. The summed E-state index contributed by atoms with van der Waals surface area (Å²) in [4.78, 5) is 14.0. The normalized spacial score (nSPS) is 16.2. The first kappa shape index (κ1) is 14.6. The number of benzene rings is 1. The third-order valence-electron chi connectivity index (χ3n) is 3.64. The van der Waals surface area contributed by atoms with Crippen molar-refractivity contribution in [2.45, 2.75) is 25.3 Å². The summed E-state index contributed by atoms with van der Waals surface area (Å²) in [5.74, 6) is 0.647. The van der Waals surface area contributed by atoms with E-state index in [-0.39, 0.29) is 11.9 Å². The van der Waals surface area contributed by atoms with Gasteiger partial charge in [0.05, 0.1) is 16.5 Å². The molecule has 1 fully saturated rings. The second kappa shape index (κ2) is 6.12. The van der Waals surface area contributed by atoms with Crippen molar-refractivity contribution in [3.63, 3.8) is 0 Å². The molecule has 2 N–H and O–H groups in total. The number of hydrogen-bond donors (Lipinski definition) is 1. The Hall–Kier alpha value is -0.770. The molecule has 2 rings (SSSR count). The zero-order valence-corrected chi connectivity index (χ0v) is 12.4. The highest BCUT2D eigenvalue weighted by atomic mass is 35.5. The van der Waals surface area contributed by atoms with E-state index in [2.05, 4.69) is 0 Å². The minimum absolute atomic E-state index is 0.0701. The Balaban J connectivity index is 2.01. The highest BCUT2D eigenvalue weighted by Crippen LogP contribution is 2.34. The Labute approximate surface area is 123 Å². The standard InChI is InChI=1S/C14H18Cl2N2O/c1-18(13(8-17)10-3-4-10)14(19)7-9-2-5-11(15)12(16)6-9/h2,5-6,10,13H,3-4,7-8,17H2,1H3. The molecule has 1 amide bonds. The van der Waals surface area contributed by atoms with Gasteiger partial charge in [-0.2, -0.15) is 0 Å². The van der Waals surface area contributed by atoms with Gasteiger partial charge in [-0.15, -0.1) is 0 Å². The number of nitrogens with zero attached hydrogens (tertiary/aromatic N) is 1. The lowest BCUT2D eigenvalue weighted by atomic mass is 10.1. The van der Waals surface area contributed by atoms with Crippen LogP contribution in [0.25, 0.3) is 0 Å². The van der Waals surface area contributed by atoms with Gasteiger partial charge in [-0.3, -0.25) is 4.79 Å². The van der Waals surface area contributed by atoms with Crippen LogP contribution in [0.15, 0.2) is 18.2 Å². The molecule has 1 aromatic carbocycles. The smallest absolute Gasteiger partial charge is 0.227 e. The Morgan fingerprint density at radius 2 is 2.11 bits per heavy atom. The molecule has 1 aromatic rings. The van der Waals surface area contributed by atoms with Crippen LogP contribution in [-0.4, -0.2) is 30.4 Å². The number of rotatable bonds is 5. The number of carbonyl (C=O) groups excluding carboxylic acids is 1. The molecule has 19 heavy (non-hydrogen) atoms. The van der Waals surface area contributed by atoms with Gasteiger partial charge in [-0.1, -0.05) is 29.3 Å². The van der Waals surface area contributed by atoms with E-state index < -0.39 is 0 Å². The summed E-state index contributed by atoms with van der Waals surface area (Å²) < 4.78 is 0. The van der Waals surface area contributed by atoms with Gasteiger partial charge in [-0.05, 0) is 36.5 Å². The van der Waals surface area contributed by atoms with Crippen LogP contribution in [-0.2, 0) is 11.2 Å². The molecule has 1 aliphatic carbocycles. The van der Waals surface area contributed by atoms with E-state index in [9.17, 15) is 4.79 Å². The summed E-state index contributed by atoms with van der Waals surface area (Å²) in [5.41, 5.74) is 6.63. The molecular formula is C14H18Cl2N2O. The molecule has 0 saturated heterocycles. The van der Waals surface area contributed by atoms with E-state index >= 15 is 0 Å². The maximum atomic E-state index is 12.2. The molecule has 0 radical (unpaired) electrons. The van der Waals surface area contributed by atoms with E-state index in [1.54, 1.807) is 17.0 Å². The minimum Gasteiger partial charge on any atom is -0.341 e. The van der Waals surface area contributed by atoms with Gasteiger partial charge in [0.2, 0.25) is 5.91 Å². The van der Waals surface area contributed by atoms with Crippen molar-refractivity contribution in [3.05, 3.63) is 33.8 Å². The van der Waals surface area contributed by atoms with Gasteiger partial charge in [0.15, 0.2) is 0 Å². The van der Waals surface area contributed by atoms with Gasteiger partial charge >= 0.3 is 0 Å². The zero-order valence-electron chi connectivity index (χ0n) is 10.9. The summed E-state index contributed by atoms with van der Waals surface area (Å²) in [6, 6.07) is 5.45. The summed E-state index contributed by atoms with van der Waals surface area (Å²) in [6.45, 7) is 0.522. The monoisotopic (exact) mass is 300 g/mol. The van der Waals surface area contributed by atoms with Gasteiger partial charge < -0.3 is 10.6 Å². The predicted octanol–water partition coefficient (Wildman–Crippen LogP) is 2.73. The largest absolute Gasteiger partial charge is 0.341 e. The maximum Gasteiger partial charge on any atom is 0.227 e. The zero-order chi connectivity index (χ0) is 14.0. The SMILES string of the molecule is CN(C(=O)Cc1ccc(Cl)c(Cl)c1)C(CN)C1CC1. The van der Waals surface area contributed by atoms with Crippen LogP contribution in [0.1, 0.15) is 18.4 Å². The molecule has 1 atom stereocenters. The van der Waals surface area contributed by atoms with Crippen LogP contribution >= 0.6 is 23.2 Å². The van der Waals surface area contributed by atoms with Crippen LogP contribution in [0.4, 0.5) is 0 Å². The average Bonchev–Trinajstić information content (AvgIpc) is 3.19. The molecule has 3 nitrogen and oxygen atoms in total. The van der Waals surface area contributed by atoms with Crippen molar-refractivity contribution < 1.29 is 4.79 Å². The number of nitrogens with two attached hydrogens (primary N) is 1. The third-order valence-corrected chi connectivity index (χ3v) is 4.38. The van der Waals surface area contributed by atoms with Crippen LogP contribution < -0.4 is 5.73 Å². The molecule has 0 bridgehead atoms. The van der Waals surface area contributed by atoms with Crippen molar-refractivity contribution in [3.8, 4) is 0 Å². The van der Waals surface area contributed by atoms with Gasteiger partial charge in [-0.25, -0.2) is 0 Å². The molecule has 0 aliphatic heterocycles. The first-order valence-corrected chi connectivity index (χ1v) is 7.18. The second-order valence-electron chi connectivity index (χ2n) is 5.07. The van der Waals surface area contributed by atoms with Gasteiger partial charge in [0, 0.05) is 19.6 Å². The van der Waals surface area contributed by atoms with Crippen molar-refractivity contribution in [2.24, 2.45) is 11.7 Å². The minimum atomic E-state index is 0.0701. The molecule has 0 aromatic heterocycles. The lowest BCUT2D eigenvalue weighted by Crippen LogP contribution is -2.43. The summed E-state index contributed by atoms with van der Waals surface area (Å²) >= 11 is 11.8. The van der Waals surface area contributed by atoms with Gasteiger partial charge in [0.1, 0.15) is 0 Å². The topological polar surface area (TPSA) is 46.3 Å². The van der Waals surface area contributed by atoms with Crippen molar-refractivity contribution in [2.75, 3.05) is 13.6 Å². The first-order valence-electron chi connectivity index (χ1n) is 6.42. The molecular weight excluding hydrogens is 283 g/mol. The summed E-state index contributed by atoms with van der Waals surface area (Å²) in [7, 11) is 1.83. The number of amides is 1. The van der Waals surface area contributed by atoms with E-state index in [0.717, 1.165) is 5.56 Å². The van der Waals surface area contributed by atoms with E-state index in [0.29, 0.717) is 28.9 Å². The second-order valence-corrected chi connectivity index (χ2v) is 5.88. The predicted molar refractivity (Wildman–Crippen MR) is 78.5 cm³/mol. The molecule has 5 heteroatoms. The number of halogens is 2. The molecule has 0 spiro atoms. The molecule has 0 heterocycles. The number of carbonyl (C=O) groups is 1. The Morgan fingerprint density at radius 1 is 1.42 bits per heavy atom. The molecule has 1 saturated carbocycles. The Bertz CT molecular complexity index is 475. The van der Waals surface area contributed by atoms with Crippen molar-refractivity contribution in [1.82, 2.24) is 4.90 Å². The Morgan fingerprint density at radius 3 is 2.63 bits per heavy atom. The fraction of sp³-hybridized carbons (Fsp3) is 0.500. The van der Waals surface area contributed by atoms with Crippen LogP contribution in [0.3, 0.4) is 0 Å². The fourth-order valence-electron chi connectivity index (χ4n) is 2.28. The number of hydrogen-bond acceptors (Lipinski definition) is 2. The van der Waals surface area contributed by atoms with E-state index in [1.165, 1.54) is 12.8 Å². The lowest BCUT2D eigenvalue weighted by Gasteiger charge is -2.27. The maximum absolute atomic E-state index is 12.2. The van der Waals surface area contributed by atoms with Crippen LogP contribution in [0.5, 0.6) is 0 Å². The van der Waals surface area contributed by atoms with E-state index in [1.807, 2.05) is 13.1 Å². The van der Waals surface area contributed by atoms with Gasteiger partial charge in [0.25, 0.3) is 0 Å². The summed E-state index contributed by atoms with van der Waals surface area (Å²) in [5, 5.41) is 0.983. The fourth-order valence-corrected chi connectivity index (χ4v) is 2.60. The summed E-state index contributed by atoms with van der Waals surface area (Å²) in [6.07, 6.45) is 2.68. The Kier molecular flexibility index (Phi) is 4.71.